The number of hydrogen-bond donors (Lipinski definition) is 1. The third-order valence-corrected chi connectivity index (χ3v) is 4.48. The second-order valence-corrected chi connectivity index (χ2v) is 7.84. The average molecular weight is 363 g/mol. The molecule has 3 aromatic rings. The maximum atomic E-state index is 12.3. The molecule has 27 heavy (non-hydrogen) atoms. The van der Waals surface area contributed by atoms with Crippen molar-refractivity contribution in [2.24, 2.45) is 0 Å². The van der Waals surface area contributed by atoms with Crippen molar-refractivity contribution < 1.29 is 9.32 Å². The van der Waals surface area contributed by atoms with E-state index in [0.717, 1.165) is 11.1 Å². The minimum absolute atomic E-state index is 0.0930. The Morgan fingerprint density at radius 3 is 2.26 bits per heavy atom. The minimum Gasteiger partial charge on any atom is -0.341 e. The zero-order chi connectivity index (χ0) is 19.6. The number of amides is 1. The molecular weight excluding hydrogens is 338 g/mol. The Kier molecular flexibility index (Phi) is 5.13. The number of benzene rings is 2. The van der Waals surface area contributed by atoms with E-state index < -0.39 is 0 Å². The number of hydrogen-bond acceptors (Lipinski definition) is 4. The Bertz CT molecular complexity index is 919. The van der Waals surface area contributed by atoms with Gasteiger partial charge in [-0.25, -0.2) is 0 Å². The Morgan fingerprint density at radius 1 is 1.04 bits per heavy atom. The first-order valence-corrected chi connectivity index (χ1v) is 9.06. The van der Waals surface area contributed by atoms with E-state index in [-0.39, 0.29) is 17.4 Å². The third-order valence-electron chi connectivity index (χ3n) is 4.48. The topological polar surface area (TPSA) is 68.0 Å². The van der Waals surface area contributed by atoms with Gasteiger partial charge < -0.3 is 9.84 Å². The summed E-state index contributed by atoms with van der Waals surface area (Å²) < 4.78 is 5.36. The predicted molar refractivity (Wildman–Crippen MR) is 105 cm³/mol. The van der Waals surface area contributed by atoms with E-state index in [1.54, 1.807) is 12.1 Å². The summed E-state index contributed by atoms with van der Waals surface area (Å²) in [6.45, 7) is 10.3. The minimum atomic E-state index is -0.381. The summed E-state index contributed by atoms with van der Waals surface area (Å²) in [5.74, 6) is 0.726. The molecular formula is C22H25N3O2. The Labute approximate surface area is 159 Å². The largest absolute Gasteiger partial charge is 0.341 e. The summed E-state index contributed by atoms with van der Waals surface area (Å²) in [5, 5.41) is 6.94. The molecule has 0 spiro atoms. The fourth-order valence-corrected chi connectivity index (χ4v) is 2.69. The fraction of sp³-hybridized carbons (Fsp3) is 0.318. The molecule has 0 saturated carbocycles. The van der Waals surface area contributed by atoms with Crippen molar-refractivity contribution in [3.63, 3.8) is 0 Å². The molecule has 0 fully saturated rings. The van der Waals surface area contributed by atoms with Crippen LogP contribution in [0.5, 0.6) is 0 Å². The van der Waals surface area contributed by atoms with Gasteiger partial charge in [0.05, 0.1) is 0 Å². The molecule has 0 saturated heterocycles. The quantitative estimate of drug-likeness (QED) is 0.720. The highest BCUT2D eigenvalue weighted by atomic mass is 16.5. The van der Waals surface area contributed by atoms with Gasteiger partial charge in [-0.1, -0.05) is 67.9 Å². The van der Waals surface area contributed by atoms with Gasteiger partial charge in [-0.3, -0.25) is 4.79 Å². The molecule has 5 heteroatoms. The number of nitrogens with one attached hydrogen (secondary N) is 1. The Balaban J connectivity index is 1.71. The van der Waals surface area contributed by atoms with Gasteiger partial charge in [0.25, 0.3) is 5.91 Å². The number of aromatic nitrogens is 2. The van der Waals surface area contributed by atoms with Gasteiger partial charge in [0.1, 0.15) is 6.04 Å². The molecule has 0 bridgehead atoms. The third kappa shape index (κ3) is 4.42. The first-order valence-electron chi connectivity index (χ1n) is 9.06. The number of aryl methyl sites for hydroxylation is 1. The highest BCUT2D eigenvalue weighted by Crippen LogP contribution is 2.25. The van der Waals surface area contributed by atoms with Crippen LogP contribution in [0.4, 0.5) is 0 Å². The van der Waals surface area contributed by atoms with E-state index in [9.17, 15) is 4.79 Å². The zero-order valence-corrected chi connectivity index (χ0v) is 16.4. The van der Waals surface area contributed by atoms with E-state index in [1.807, 2.05) is 38.1 Å². The second-order valence-electron chi connectivity index (χ2n) is 7.84. The second kappa shape index (κ2) is 7.35. The normalized spacial score (nSPS) is 12.6. The summed E-state index contributed by atoms with van der Waals surface area (Å²) in [5.41, 5.74) is 3.93. The van der Waals surface area contributed by atoms with Crippen LogP contribution in [-0.4, -0.2) is 16.0 Å². The molecule has 0 aliphatic rings. The summed E-state index contributed by atoms with van der Waals surface area (Å²) in [6, 6.07) is 15.2. The van der Waals surface area contributed by atoms with Crippen LogP contribution in [0.25, 0.3) is 11.4 Å². The van der Waals surface area contributed by atoms with Crippen LogP contribution in [0.2, 0.25) is 0 Å². The van der Waals surface area contributed by atoms with Gasteiger partial charge in [0.15, 0.2) is 0 Å². The summed E-state index contributed by atoms with van der Waals surface area (Å²) in [6.07, 6.45) is 0. The van der Waals surface area contributed by atoms with Crippen LogP contribution >= 0.6 is 0 Å². The lowest BCUT2D eigenvalue weighted by Gasteiger charge is -2.18. The molecule has 0 radical (unpaired) electrons. The van der Waals surface area contributed by atoms with Crippen molar-refractivity contribution in [1.82, 2.24) is 15.5 Å². The van der Waals surface area contributed by atoms with Crippen LogP contribution in [0.15, 0.2) is 53.1 Å². The van der Waals surface area contributed by atoms with E-state index in [2.05, 4.69) is 48.4 Å². The Morgan fingerprint density at radius 2 is 1.67 bits per heavy atom. The molecule has 1 atom stereocenters. The first kappa shape index (κ1) is 18.8. The van der Waals surface area contributed by atoms with Crippen molar-refractivity contribution in [2.45, 2.75) is 46.1 Å². The smallest absolute Gasteiger partial charge is 0.251 e. The molecule has 1 heterocycles. The fourth-order valence-electron chi connectivity index (χ4n) is 2.69. The van der Waals surface area contributed by atoms with Crippen molar-refractivity contribution >= 4 is 5.91 Å². The zero-order valence-electron chi connectivity index (χ0n) is 16.4. The molecule has 5 nitrogen and oxygen atoms in total. The van der Waals surface area contributed by atoms with Crippen LogP contribution in [0.3, 0.4) is 0 Å². The molecule has 0 aliphatic heterocycles. The maximum absolute atomic E-state index is 12.3. The van der Waals surface area contributed by atoms with Gasteiger partial charge in [-0.2, -0.15) is 4.98 Å². The van der Waals surface area contributed by atoms with Crippen LogP contribution < -0.4 is 5.32 Å². The summed E-state index contributed by atoms with van der Waals surface area (Å²) in [4.78, 5) is 16.8. The van der Waals surface area contributed by atoms with Crippen LogP contribution in [-0.2, 0) is 5.41 Å². The molecule has 0 unspecified atom stereocenters. The lowest BCUT2D eigenvalue weighted by atomic mass is 9.87. The lowest BCUT2D eigenvalue weighted by Crippen LogP contribution is -2.26. The van der Waals surface area contributed by atoms with E-state index >= 15 is 0 Å². The van der Waals surface area contributed by atoms with Gasteiger partial charge in [-0.15, -0.1) is 0 Å². The molecule has 1 aromatic heterocycles. The number of carbonyl (C=O) groups excluding carboxylic acids is 1. The van der Waals surface area contributed by atoms with Gasteiger partial charge >= 0.3 is 0 Å². The van der Waals surface area contributed by atoms with Crippen LogP contribution in [0.1, 0.15) is 61.1 Å². The van der Waals surface area contributed by atoms with Crippen molar-refractivity contribution in [1.29, 1.82) is 0 Å². The highest BCUT2D eigenvalue weighted by molar-refractivity contribution is 5.94. The van der Waals surface area contributed by atoms with Gasteiger partial charge in [-0.05, 0) is 37.0 Å². The summed E-state index contributed by atoms with van der Waals surface area (Å²) in [7, 11) is 0. The standard InChI is InChI=1S/C22H25N3O2/c1-14-6-8-17(9-7-14)20(26)23-15(2)21-24-19(25-27-21)16-10-12-18(13-11-16)22(3,4)5/h6-13,15H,1-5H3,(H,23,26)/t15-/m0/s1. The van der Waals surface area contributed by atoms with Crippen molar-refractivity contribution in [3.05, 3.63) is 71.1 Å². The highest BCUT2D eigenvalue weighted by Gasteiger charge is 2.19. The van der Waals surface area contributed by atoms with E-state index in [1.165, 1.54) is 5.56 Å². The molecule has 140 valence electrons. The predicted octanol–water partition coefficient (Wildman–Crippen LogP) is 4.83. The molecule has 1 N–H and O–H groups in total. The van der Waals surface area contributed by atoms with E-state index in [0.29, 0.717) is 17.3 Å². The van der Waals surface area contributed by atoms with Gasteiger partial charge in [0.2, 0.25) is 11.7 Å². The van der Waals surface area contributed by atoms with Crippen LogP contribution in [0, 0.1) is 6.92 Å². The van der Waals surface area contributed by atoms with Crippen molar-refractivity contribution in [2.75, 3.05) is 0 Å². The monoisotopic (exact) mass is 363 g/mol. The number of nitrogens with zero attached hydrogens (tertiary/aromatic N) is 2. The molecule has 0 aliphatic carbocycles. The summed E-state index contributed by atoms with van der Waals surface area (Å²) >= 11 is 0. The van der Waals surface area contributed by atoms with E-state index in [4.69, 9.17) is 4.52 Å². The SMILES string of the molecule is Cc1ccc(C(=O)N[C@@H](C)c2nc(-c3ccc(C(C)(C)C)cc3)no2)cc1. The molecule has 1 amide bonds. The maximum Gasteiger partial charge on any atom is 0.251 e. The lowest BCUT2D eigenvalue weighted by molar-refractivity contribution is 0.0932. The Hall–Kier alpha value is -2.95. The van der Waals surface area contributed by atoms with Gasteiger partial charge in [0, 0.05) is 11.1 Å². The molecule has 3 rings (SSSR count). The first-order chi connectivity index (χ1) is 12.7. The average Bonchev–Trinajstić information content (AvgIpc) is 3.12. The number of carbonyl (C=O) groups is 1. The van der Waals surface area contributed by atoms with Crippen molar-refractivity contribution in [3.8, 4) is 11.4 Å². The number of rotatable bonds is 4. The molecule has 2 aromatic carbocycles.